The van der Waals surface area contributed by atoms with Crippen LogP contribution in [0, 0.1) is 5.41 Å². The standard InChI is InChI=1S/C9H16O4/c1-4-5-9(3,8(11)12)6-13-7(2)10/h4-6H2,1-3H3,(H,11,12). The van der Waals surface area contributed by atoms with Crippen LogP contribution in [0.2, 0.25) is 0 Å². The van der Waals surface area contributed by atoms with Crippen LogP contribution in [0.4, 0.5) is 0 Å². The molecule has 1 unspecified atom stereocenters. The van der Waals surface area contributed by atoms with E-state index in [-0.39, 0.29) is 6.61 Å². The topological polar surface area (TPSA) is 63.6 Å². The van der Waals surface area contributed by atoms with E-state index in [0.717, 1.165) is 6.42 Å². The minimum absolute atomic E-state index is 0.0501. The third kappa shape index (κ3) is 3.92. The van der Waals surface area contributed by atoms with Crippen LogP contribution in [0.1, 0.15) is 33.6 Å². The molecule has 0 amide bonds. The van der Waals surface area contributed by atoms with Crippen molar-refractivity contribution in [3.05, 3.63) is 0 Å². The number of carboxylic acid groups (broad SMARTS) is 1. The van der Waals surface area contributed by atoms with Crippen LogP contribution < -0.4 is 0 Å². The Morgan fingerprint density at radius 2 is 2.00 bits per heavy atom. The number of esters is 1. The van der Waals surface area contributed by atoms with Gasteiger partial charge < -0.3 is 9.84 Å². The van der Waals surface area contributed by atoms with E-state index in [1.807, 2.05) is 6.92 Å². The molecule has 0 spiro atoms. The molecule has 0 rings (SSSR count). The molecule has 0 saturated heterocycles. The summed E-state index contributed by atoms with van der Waals surface area (Å²) in [4.78, 5) is 21.3. The highest BCUT2D eigenvalue weighted by Crippen LogP contribution is 2.23. The second kappa shape index (κ2) is 4.84. The van der Waals surface area contributed by atoms with E-state index in [9.17, 15) is 9.59 Å². The minimum Gasteiger partial charge on any atom is -0.481 e. The number of rotatable bonds is 5. The smallest absolute Gasteiger partial charge is 0.312 e. The molecule has 0 radical (unpaired) electrons. The summed E-state index contributed by atoms with van der Waals surface area (Å²) in [6, 6.07) is 0. The molecule has 0 aromatic carbocycles. The zero-order chi connectivity index (χ0) is 10.5. The fraction of sp³-hybridized carbons (Fsp3) is 0.778. The van der Waals surface area contributed by atoms with Crippen molar-refractivity contribution in [2.24, 2.45) is 5.41 Å². The number of carbonyl (C=O) groups excluding carboxylic acids is 1. The Hall–Kier alpha value is -1.06. The summed E-state index contributed by atoms with van der Waals surface area (Å²) in [6.45, 7) is 4.70. The first-order valence-electron chi connectivity index (χ1n) is 4.29. The Labute approximate surface area is 77.9 Å². The van der Waals surface area contributed by atoms with Gasteiger partial charge in [0.05, 0.1) is 5.41 Å². The van der Waals surface area contributed by atoms with Crippen LogP contribution in [0.3, 0.4) is 0 Å². The summed E-state index contributed by atoms with van der Waals surface area (Å²) in [6.07, 6.45) is 1.26. The van der Waals surface area contributed by atoms with Crippen LogP contribution in [-0.4, -0.2) is 23.7 Å². The van der Waals surface area contributed by atoms with Crippen molar-refractivity contribution in [2.45, 2.75) is 33.6 Å². The lowest BCUT2D eigenvalue weighted by Gasteiger charge is -2.23. The van der Waals surface area contributed by atoms with Gasteiger partial charge in [0.15, 0.2) is 0 Å². The van der Waals surface area contributed by atoms with Crippen molar-refractivity contribution in [2.75, 3.05) is 6.61 Å². The molecular formula is C9H16O4. The molecule has 4 nitrogen and oxygen atoms in total. The first-order valence-corrected chi connectivity index (χ1v) is 4.29. The fourth-order valence-electron chi connectivity index (χ4n) is 1.05. The van der Waals surface area contributed by atoms with Crippen molar-refractivity contribution in [3.8, 4) is 0 Å². The third-order valence-corrected chi connectivity index (χ3v) is 1.91. The molecule has 0 heterocycles. The first kappa shape index (κ1) is 11.9. The van der Waals surface area contributed by atoms with Crippen LogP contribution in [-0.2, 0) is 14.3 Å². The molecule has 0 saturated carbocycles. The van der Waals surface area contributed by atoms with E-state index in [2.05, 4.69) is 0 Å². The zero-order valence-corrected chi connectivity index (χ0v) is 8.29. The van der Waals surface area contributed by atoms with Gasteiger partial charge in [-0.3, -0.25) is 9.59 Å². The monoisotopic (exact) mass is 188 g/mol. The average molecular weight is 188 g/mol. The van der Waals surface area contributed by atoms with Crippen molar-refractivity contribution in [1.82, 2.24) is 0 Å². The lowest BCUT2D eigenvalue weighted by Crippen LogP contribution is -2.33. The Bertz CT molecular complexity index is 200. The second-order valence-electron chi connectivity index (χ2n) is 3.40. The number of ether oxygens (including phenoxy) is 1. The summed E-state index contributed by atoms with van der Waals surface area (Å²) in [5, 5.41) is 8.89. The van der Waals surface area contributed by atoms with Gasteiger partial charge in [-0.2, -0.15) is 0 Å². The highest BCUT2D eigenvalue weighted by atomic mass is 16.5. The lowest BCUT2D eigenvalue weighted by molar-refractivity contribution is -0.157. The quantitative estimate of drug-likeness (QED) is 0.663. The molecule has 0 aromatic rings. The van der Waals surface area contributed by atoms with Gasteiger partial charge >= 0.3 is 11.9 Å². The average Bonchev–Trinajstić information content (AvgIpc) is 2.01. The Kier molecular flexibility index (Phi) is 4.45. The van der Waals surface area contributed by atoms with Crippen molar-refractivity contribution < 1.29 is 19.4 Å². The van der Waals surface area contributed by atoms with Crippen molar-refractivity contribution in [3.63, 3.8) is 0 Å². The molecule has 0 aromatic heterocycles. The predicted molar refractivity (Wildman–Crippen MR) is 47.3 cm³/mol. The van der Waals surface area contributed by atoms with Crippen molar-refractivity contribution in [1.29, 1.82) is 0 Å². The molecule has 13 heavy (non-hydrogen) atoms. The third-order valence-electron chi connectivity index (χ3n) is 1.91. The van der Waals surface area contributed by atoms with E-state index in [1.54, 1.807) is 6.92 Å². The van der Waals surface area contributed by atoms with E-state index < -0.39 is 17.4 Å². The van der Waals surface area contributed by atoms with E-state index in [0.29, 0.717) is 6.42 Å². The molecular weight excluding hydrogens is 172 g/mol. The highest BCUT2D eigenvalue weighted by molar-refractivity contribution is 5.75. The van der Waals surface area contributed by atoms with Crippen molar-refractivity contribution >= 4 is 11.9 Å². The number of hydrogen-bond acceptors (Lipinski definition) is 3. The summed E-state index contributed by atoms with van der Waals surface area (Å²) in [5.74, 6) is -1.36. The Balaban J connectivity index is 4.24. The number of aliphatic carboxylic acids is 1. The van der Waals surface area contributed by atoms with E-state index in [4.69, 9.17) is 9.84 Å². The highest BCUT2D eigenvalue weighted by Gasteiger charge is 2.33. The normalized spacial score (nSPS) is 14.7. The number of hydrogen-bond donors (Lipinski definition) is 1. The first-order chi connectivity index (χ1) is 5.92. The van der Waals surface area contributed by atoms with Crippen LogP contribution in [0.5, 0.6) is 0 Å². The molecule has 76 valence electrons. The molecule has 4 heteroatoms. The molecule has 1 atom stereocenters. The van der Waals surface area contributed by atoms with Gasteiger partial charge in [-0.15, -0.1) is 0 Å². The van der Waals surface area contributed by atoms with E-state index >= 15 is 0 Å². The van der Waals surface area contributed by atoms with Crippen LogP contribution >= 0.6 is 0 Å². The van der Waals surface area contributed by atoms with Gasteiger partial charge in [0.1, 0.15) is 6.61 Å². The van der Waals surface area contributed by atoms with Gasteiger partial charge in [0.2, 0.25) is 0 Å². The molecule has 1 N–H and O–H groups in total. The van der Waals surface area contributed by atoms with Crippen LogP contribution in [0.15, 0.2) is 0 Å². The summed E-state index contributed by atoms with van der Waals surface area (Å²) < 4.78 is 4.70. The summed E-state index contributed by atoms with van der Waals surface area (Å²) >= 11 is 0. The number of carbonyl (C=O) groups is 2. The van der Waals surface area contributed by atoms with Gasteiger partial charge in [0, 0.05) is 6.92 Å². The van der Waals surface area contributed by atoms with Crippen LogP contribution in [0.25, 0.3) is 0 Å². The van der Waals surface area contributed by atoms with Gasteiger partial charge in [-0.05, 0) is 13.3 Å². The second-order valence-corrected chi connectivity index (χ2v) is 3.40. The fourth-order valence-corrected chi connectivity index (χ4v) is 1.05. The maximum absolute atomic E-state index is 10.8. The molecule has 0 aliphatic carbocycles. The lowest BCUT2D eigenvalue weighted by atomic mass is 9.87. The SMILES string of the molecule is CCCC(C)(COC(C)=O)C(=O)O. The van der Waals surface area contributed by atoms with Gasteiger partial charge in [-0.1, -0.05) is 13.3 Å². The largest absolute Gasteiger partial charge is 0.481 e. The molecule has 0 aliphatic rings. The van der Waals surface area contributed by atoms with Gasteiger partial charge in [0.25, 0.3) is 0 Å². The maximum atomic E-state index is 10.8. The van der Waals surface area contributed by atoms with E-state index in [1.165, 1.54) is 6.92 Å². The Morgan fingerprint density at radius 1 is 1.46 bits per heavy atom. The summed E-state index contributed by atoms with van der Waals surface area (Å²) in [5.41, 5.74) is -0.944. The molecule has 0 bridgehead atoms. The predicted octanol–water partition coefficient (Wildman–Crippen LogP) is 1.44. The van der Waals surface area contributed by atoms with Gasteiger partial charge in [-0.25, -0.2) is 0 Å². The summed E-state index contributed by atoms with van der Waals surface area (Å²) in [7, 11) is 0. The maximum Gasteiger partial charge on any atom is 0.312 e. The molecule has 0 aliphatic heterocycles. The Morgan fingerprint density at radius 3 is 2.31 bits per heavy atom. The number of carboxylic acids is 1. The zero-order valence-electron chi connectivity index (χ0n) is 8.29. The minimum atomic E-state index is -0.944. The molecule has 0 fully saturated rings.